The second kappa shape index (κ2) is 11.6. The van der Waals surface area contributed by atoms with E-state index in [9.17, 15) is 9.59 Å². The van der Waals surface area contributed by atoms with Crippen molar-refractivity contribution >= 4 is 34.8 Å². The number of nitrogens with zero attached hydrogens (tertiary/aromatic N) is 3. The standard InChI is InChI=1S/C30H37N5O2S/c1-19(20-10-12-21(13-11-20)27(36)26-9-6-18-38-26)29(37)31-22-14-16-23(17-15-22)32-30-33-25-8-5-4-7-24(25)28(34-30)35(2)3/h6,9-13,18-19,22-23H,4-5,7-8,14-17H2,1-3H3,(H,31,37)(H,32,33,34)/t19?,22-,23+. The van der Waals surface area contributed by atoms with Crippen LogP contribution in [0.25, 0.3) is 0 Å². The van der Waals surface area contributed by atoms with E-state index in [1.165, 1.54) is 35.4 Å². The van der Waals surface area contributed by atoms with Crippen molar-refractivity contribution in [2.24, 2.45) is 0 Å². The number of hydrogen-bond donors (Lipinski definition) is 2. The number of amides is 1. The van der Waals surface area contributed by atoms with Crippen molar-refractivity contribution in [3.05, 3.63) is 69.0 Å². The van der Waals surface area contributed by atoms with Gasteiger partial charge in [0.25, 0.3) is 0 Å². The zero-order valence-corrected chi connectivity index (χ0v) is 23.3. The minimum Gasteiger partial charge on any atom is -0.362 e. The SMILES string of the molecule is CC(C(=O)N[C@H]1CC[C@@H](Nc2nc3c(c(N(C)C)n2)CCCC3)CC1)c1ccc(C(=O)c2cccs2)cc1. The molecule has 38 heavy (non-hydrogen) atoms. The third-order valence-electron chi connectivity index (χ3n) is 7.80. The zero-order valence-electron chi connectivity index (χ0n) is 22.5. The molecule has 2 heterocycles. The van der Waals surface area contributed by atoms with Crippen LogP contribution in [-0.2, 0) is 17.6 Å². The highest BCUT2D eigenvalue weighted by Gasteiger charge is 2.26. The van der Waals surface area contributed by atoms with Gasteiger partial charge in [0, 0.05) is 37.3 Å². The summed E-state index contributed by atoms with van der Waals surface area (Å²) in [6, 6.07) is 11.6. The molecule has 0 radical (unpaired) electrons. The number of hydrogen-bond acceptors (Lipinski definition) is 7. The molecule has 0 aliphatic heterocycles. The third kappa shape index (κ3) is 5.90. The van der Waals surface area contributed by atoms with Crippen molar-refractivity contribution in [1.29, 1.82) is 0 Å². The molecular formula is C30H37N5O2S. The lowest BCUT2D eigenvalue weighted by Crippen LogP contribution is -2.41. The van der Waals surface area contributed by atoms with Gasteiger partial charge >= 0.3 is 0 Å². The first-order valence-corrected chi connectivity index (χ1v) is 14.6. The smallest absolute Gasteiger partial charge is 0.227 e. The highest BCUT2D eigenvalue weighted by Crippen LogP contribution is 2.29. The number of aromatic nitrogens is 2. The van der Waals surface area contributed by atoms with Crippen LogP contribution in [0, 0.1) is 0 Å². The van der Waals surface area contributed by atoms with Crippen LogP contribution in [0.1, 0.15) is 83.4 Å². The first-order chi connectivity index (χ1) is 18.4. The molecular weight excluding hydrogens is 494 g/mol. The van der Waals surface area contributed by atoms with E-state index in [0.29, 0.717) is 11.6 Å². The Morgan fingerprint density at radius 2 is 1.68 bits per heavy atom. The Balaban J connectivity index is 1.13. The monoisotopic (exact) mass is 531 g/mol. The minimum atomic E-state index is -0.273. The van der Waals surface area contributed by atoms with E-state index in [1.54, 1.807) is 0 Å². The number of anilines is 2. The Morgan fingerprint density at radius 1 is 0.974 bits per heavy atom. The Hall–Kier alpha value is -3.26. The number of carbonyl (C=O) groups excluding carboxylic acids is 2. The fourth-order valence-electron chi connectivity index (χ4n) is 5.52. The summed E-state index contributed by atoms with van der Waals surface area (Å²) in [5.41, 5.74) is 4.06. The van der Waals surface area contributed by atoms with Crippen molar-refractivity contribution < 1.29 is 9.59 Å². The highest BCUT2D eigenvalue weighted by molar-refractivity contribution is 7.12. The molecule has 1 atom stereocenters. The van der Waals surface area contributed by atoms with Gasteiger partial charge in [-0.25, -0.2) is 4.98 Å². The van der Waals surface area contributed by atoms with Gasteiger partial charge in [-0.1, -0.05) is 30.3 Å². The van der Waals surface area contributed by atoms with Crippen molar-refractivity contribution in [1.82, 2.24) is 15.3 Å². The average Bonchev–Trinajstić information content (AvgIpc) is 3.48. The number of fused-ring (bicyclic) bond motifs is 1. The first-order valence-electron chi connectivity index (χ1n) is 13.7. The van der Waals surface area contributed by atoms with Crippen molar-refractivity contribution in [3.63, 3.8) is 0 Å². The van der Waals surface area contributed by atoms with Gasteiger partial charge in [0.1, 0.15) is 5.82 Å². The summed E-state index contributed by atoms with van der Waals surface area (Å²) >= 11 is 1.44. The van der Waals surface area contributed by atoms with Crippen molar-refractivity contribution in [3.8, 4) is 0 Å². The molecule has 1 fully saturated rings. The number of carbonyl (C=O) groups is 2. The summed E-state index contributed by atoms with van der Waals surface area (Å²) in [7, 11) is 4.10. The summed E-state index contributed by atoms with van der Waals surface area (Å²) < 4.78 is 0. The maximum absolute atomic E-state index is 13.0. The van der Waals surface area contributed by atoms with E-state index < -0.39 is 0 Å². The lowest BCUT2D eigenvalue weighted by atomic mass is 9.90. The molecule has 0 bridgehead atoms. The average molecular weight is 532 g/mol. The van der Waals surface area contributed by atoms with Crippen LogP contribution in [0.2, 0.25) is 0 Å². The van der Waals surface area contributed by atoms with E-state index in [1.807, 2.05) is 48.7 Å². The molecule has 200 valence electrons. The molecule has 8 heteroatoms. The number of ketones is 1. The fraction of sp³-hybridized carbons (Fsp3) is 0.467. The molecule has 1 saturated carbocycles. The van der Waals surface area contributed by atoms with Gasteiger partial charge < -0.3 is 15.5 Å². The van der Waals surface area contributed by atoms with Crippen molar-refractivity contribution in [2.75, 3.05) is 24.3 Å². The summed E-state index contributed by atoms with van der Waals surface area (Å²) in [4.78, 5) is 38.1. The number of nitrogens with one attached hydrogen (secondary N) is 2. The predicted octanol–water partition coefficient (Wildman–Crippen LogP) is 5.36. The predicted molar refractivity (Wildman–Crippen MR) is 153 cm³/mol. The fourth-order valence-corrected chi connectivity index (χ4v) is 6.21. The Labute approximate surface area is 229 Å². The largest absolute Gasteiger partial charge is 0.362 e. The lowest BCUT2D eigenvalue weighted by Gasteiger charge is -2.31. The molecule has 0 saturated heterocycles. The number of rotatable bonds is 8. The molecule has 1 amide bonds. The van der Waals surface area contributed by atoms with Crippen LogP contribution < -0.4 is 15.5 Å². The van der Waals surface area contributed by atoms with Gasteiger partial charge in [0.05, 0.1) is 16.5 Å². The van der Waals surface area contributed by atoms with Gasteiger partial charge in [-0.2, -0.15) is 4.98 Å². The second-order valence-corrected chi connectivity index (χ2v) is 11.7. The maximum atomic E-state index is 13.0. The van der Waals surface area contributed by atoms with Crippen LogP contribution in [0.4, 0.5) is 11.8 Å². The minimum absolute atomic E-state index is 0.0211. The quantitative estimate of drug-likeness (QED) is 0.381. The van der Waals surface area contributed by atoms with Crippen LogP contribution in [-0.4, -0.2) is 47.8 Å². The first kappa shape index (κ1) is 26.4. The topological polar surface area (TPSA) is 87.2 Å². The molecule has 2 N–H and O–H groups in total. The van der Waals surface area contributed by atoms with E-state index >= 15 is 0 Å². The molecule has 2 aromatic heterocycles. The van der Waals surface area contributed by atoms with Gasteiger partial charge in [-0.3, -0.25) is 9.59 Å². The molecule has 2 aliphatic rings. The Kier molecular flexibility index (Phi) is 8.07. The van der Waals surface area contributed by atoms with Gasteiger partial charge in [0.2, 0.25) is 17.6 Å². The van der Waals surface area contributed by atoms with Crippen molar-refractivity contribution in [2.45, 2.75) is 76.3 Å². The maximum Gasteiger partial charge on any atom is 0.227 e. The highest BCUT2D eigenvalue weighted by atomic mass is 32.1. The summed E-state index contributed by atoms with van der Waals surface area (Å²) in [6.07, 6.45) is 8.27. The Bertz CT molecular complexity index is 1260. The van der Waals surface area contributed by atoms with Crippen LogP contribution in [0.3, 0.4) is 0 Å². The van der Waals surface area contributed by atoms with E-state index in [-0.39, 0.29) is 23.7 Å². The van der Waals surface area contributed by atoms with Crippen LogP contribution in [0.15, 0.2) is 41.8 Å². The molecule has 1 aromatic carbocycles. The molecule has 3 aromatic rings. The van der Waals surface area contributed by atoms with Gasteiger partial charge in [-0.05, 0) is 75.3 Å². The molecule has 0 spiro atoms. The van der Waals surface area contributed by atoms with Gasteiger partial charge in [-0.15, -0.1) is 11.3 Å². The molecule has 2 aliphatic carbocycles. The third-order valence-corrected chi connectivity index (χ3v) is 8.67. The van der Waals surface area contributed by atoms with Crippen LogP contribution >= 0.6 is 11.3 Å². The van der Waals surface area contributed by atoms with E-state index in [4.69, 9.17) is 9.97 Å². The summed E-state index contributed by atoms with van der Waals surface area (Å²) in [5.74, 6) is 1.55. The summed E-state index contributed by atoms with van der Waals surface area (Å²) in [6.45, 7) is 1.92. The normalized spacial score (nSPS) is 19.8. The molecule has 1 unspecified atom stereocenters. The second-order valence-electron chi connectivity index (χ2n) is 10.7. The lowest BCUT2D eigenvalue weighted by molar-refractivity contribution is -0.123. The summed E-state index contributed by atoms with van der Waals surface area (Å²) in [5, 5.41) is 8.74. The number of aryl methyl sites for hydroxylation is 1. The van der Waals surface area contributed by atoms with E-state index in [0.717, 1.165) is 60.7 Å². The molecule has 7 nitrogen and oxygen atoms in total. The molecule has 5 rings (SSSR count). The number of thiophene rings is 1. The van der Waals surface area contributed by atoms with Gasteiger partial charge in [0.15, 0.2) is 0 Å². The number of benzene rings is 1. The van der Waals surface area contributed by atoms with E-state index in [2.05, 4.69) is 29.6 Å². The Morgan fingerprint density at radius 3 is 2.37 bits per heavy atom. The zero-order chi connectivity index (χ0) is 26.6. The van der Waals surface area contributed by atoms with Crippen LogP contribution in [0.5, 0.6) is 0 Å².